The van der Waals surface area contributed by atoms with E-state index >= 15 is 0 Å². The molecule has 1 N–H and O–H groups in total. The molecule has 1 aromatic carbocycles. The molecule has 27 heavy (non-hydrogen) atoms. The molecule has 3 rings (SSSR count). The van der Waals surface area contributed by atoms with E-state index in [4.69, 9.17) is 0 Å². The molecule has 0 aliphatic carbocycles. The van der Waals surface area contributed by atoms with Gasteiger partial charge in [0.2, 0.25) is 15.9 Å². The highest BCUT2D eigenvalue weighted by atomic mass is 32.2. The van der Waals surface area contributed by atoms with E-state index in [1.165, 1.54) is 0 Å². The van der Waals surface area contributed by atoms with Crippen molar-refractivity contribution in [3.05, 3.63) is 29.8 Å². The molecule has 0 aromatic heterocycles. The Morgan fingerprint density at radius 2 is 1.81 bits per heavy atom. The molecule has 0 bridgehead atoms. The number of urea groups is 1. The number of amides is 3. The highest BCUT2D eigenvalue weighted by Gasteiger charge is 2.36. The number of sulfonamides is 1. The highest BCUT2D eigenvalue weighted by molar-refractivity contribution is 7.89. The fraction of sp³-hybridized carbons (Fsp3) is 0.500. The van der Waals surface area contributed by atoms with Crippen LogP contribution in [0.2, 0.25) is 0 Å². The fourth-order valence-electron chi connectivity index (χ4n) is 3.21. The second-order valence-electron chi connectivity index (χ2n) is 6.41. The summed E-state index contributed by atoms with van der Waals surface area (Å²) in [5.41, 5.74) is 0. The Morgan fingerprint density at radius 3 is 2.41 bits per heavy atom. The van der Waals surface area contributed by atoms with E-state index in [2.05, 4.69) is 5.32 Å². The van der Waals surface area contributed by atoms with Crippen LogP contribution in [0.25, 0.3) is 0 Å². The third-order valence-corrected chi connectivity index (χ3v) is 6.73. The van der Waals surface area contributed by atoms with E-state index in [-0.39, 0.29) is 32.1 Å². The van der Waals surface area contributed by atoms with E-state index in [1.807, 2.05) is 0 Å². The van der Waals surface area contributed by atoms with Crippen LogP contribution in [0.5, 0.6) is 0 Å². The van der Waals surface area contributed by atoms with Crippen molar-refractivity contribution in [1.29, 1.82) is 0 Å². The maximum Gasteiger partial charge on any atom is 0.324 e. The minimum absolute atomic E-state index is 0.0299. The standard InChI is InChI=1S/C16H20F2N4O4S/c1-11(15(23)22-5-4-19-16(22)24)20-6-8-21(9-7-20)27(25,26)14-10-12(17)2-3-13(14)18/h2-3,10-11H,4-9H2,1H3,(H,19,24). The average molecular weight is 402 g/mol. The molecule has 8 nitrogen and oxygen atoms in total. The minimum Gasteiger partial charge on any atom is -0.336 e. The Bertz CT molecular complexity index is 856. The summed E-state index contributed by atoms with van der Waals surface area (Å²) in [5.74, 6) is -2.20. The van der Waals surface area contributed by atoms with Gasteiger partial charge in [0, 0.05) is 39.3 Å². The van der Waals surface area contributed by atoms with Gasteiger partial charge < -0.3 is 5.32 Å². The number of nitrogens with zero attached hydrogens (tertiary/aromatic N) is 3. The van der Waals surface area contributed by atoms with Crippen LogP contribution < -0.4 is 5.32 Å². The van der Waals surface area contributed by atoms with Crippen molar-refractivity contribution in [3.8, 4) is 0 Å². The lowest BCUT2D eigenvalue weighted by molar-refractivity contribution is -0.133. The molecular formula is C16H20F2N4O4S. The molecule has 1 atom stereocenters. The third kappa shape index (κ3) is 3.80. The van der Waals surface area contributed by atoms with Crippen LogP contribution in [-0.4, -0.2) is 79.8 Å². The zero-order chi connectivity index (χ0) is 19.8. The molecule has 2 aliphatic heterocycles. The summed E-state index contributed by atoms with van der Waals surface area (Å²) in [7, 11) is -4.18. The molecule has 0 spiro atoms. The Morgan fingerprint density at radius 1 is 1.15 bits per heavy atom. The van der Waals surface area contributed by atoms with E-state index < -0.39 is 38.6 Å². The molecule has 0 radical (unpaired) electrons. The van der Waals surface area contributed by atoms with Gasteiger partial charge in [-0.25, -0.2) is 22.0 Å². The third-order valence-electron chi connectivity index (χ3n) is 4.81. The van der Waals surface area contributed by atoms with Crippen LogP contribution in [0.15, 0.2) is 23.1 Å². The zero-order valence-corrected chi connectivity index (χ0v) is 15.5. The van der Waals surface area contributed by atoms with Crippen LogP contribution in [0.3, 0.4) is 0 Å². The van der Waals surface area contributed by atoms with Crippen LogP contribution in [0.1, 0.15) is 6.92 Å². The van der Waals surface area contributed by atoms with Gasteiger partial charge in [-0.3, -0.25) is 14.6 Å². The van der Waals surface area contributed by atoms with Gasteiger partial charge in [-0.1, -0.05) is 0 Å². The van der Waals surface area contributed by atoms with Gasteiger partial charge in [-0.15, -0.1) is 0 Å². The van der Waals surface area contributed by atoms with Crippen molar-refractivity contribution in [2.45, 2.75) is 17.9 Å². The smallest absolute Gasteiger partial charge is 0.324 e. The van der Waals surface area contributed by atoms with Gasteiger partial charge in [-0.05, 0) is 25.1 Å². The first-order valence-corrected chi connectivity index (χ1v) is 9.94. The zero-order valence-electron chi connectivity index (χ0n) is 14.7. The van der Waals surface area contributed by atoms with Crippen molar-refractivity contribution in [2.24, 2.45) is 0 Å². The summed E-state index contributed by atoms with van der Waals surface area (Å²) >= 11 is 0. The van der Waals surface area contributed by atoms with E-state index in [0.717, 1.165) is 21.3 Å². The van der Waals surface area contributed by atoms with Crippen molar-refractivity contribution in [1.82, 2.24) is 19.4 Å². The Balaban J connectivity index is 1.67. The number of carbonyl (C=O) groups excluding carboxylic acids is 2. The quantitative estimate of drug-likeness (QED) is 0.778. The van der Waals surface area contributed by atoms with Crippen LogP contribution in [0, 0.1) is 11.6 Å². The van der Waals surface area contributed by atoms with Gasteiger partial charge in [0.05, 0.1) is 6.04 Å². The number of carbonyl (C=O) groups is 2. The second-order valence-corrected chi connectivity index (χ2v) is 8.32. The summed E-state index contributed by atoms with van der Waals surface area (Å²) in [6.45, 7) is 2.89. The van der Waals surface area contributed by atoms with Crippen molar-refractivity contribution in [3.63, 3.8) is 0 Å². The molecule has 11 heteroatoms. The first-order chi connectivity index (χ1) is 12.7. The summed E-state index contributed by atoms with van der Waals surface area (Å²) in [6, 6.07) is 1.27. The number of imide groups is 1. The number of nitrogens with one attached hydrogen (secondary N) is 1. The van der Waals surface area contributed by atoms with E-state index in [9.17, 15) is 26.8 Å². The predicted octanol–water partition coefficient (Wildman–Crippen LogP) is 0.211. The molecule has 2 fully saturated rings. The number of rotatable bonds is 4. The van der Waals surface area contributed by atoms with E-state index in [0.29, 0.717) is 19.2 Å². The molecule has 1 unspecified atom stereocenters. The highest BCUT2D eigenvalue weighted by Crippen LogP contribution is 2.22. The number of benzene rings is 1. The monoisotopic (exact) mass is 402 g/mol. The molecule has 0 saturated carbocycles. The topological polar surface area (TPSA) is 90.0 Å². The number of piperazine rings is 1. The molecule has 2 aliphatic rings. The molecule has 1 aromatic rings. The number of halogens is 2. The van der Waals surface area contributed by atoms with Crippen LogP contribution in [0.4, 0.5) is 13.6 Å². The first kappa shape index (κ1) is 19.6. The average Bonchev–Trinajstić information content (AvgIpc) is 3.08. The summed E-state index contributed by atoms with van der Waals surface area (Å²) in [5, 5.41) is 2.56. The number of hydrogen-bond acceptors (Lipinski definition) is 5. The van der Waals surface area contributed by atoms with Gasteiger partial charge in [0.25, 0.3) is 0 Å². The molecule has 2 heterocycles. The SMILES string of the molecule is CC(C(=O)N1CCNC1=O)N1CCN(S(=O)(=O)c2cc(F)ccc2F)CC1. The Kier molecular flexibility index (Phi) is 5.45. The number of hydrogen-bond donors (Lipinski definition) is 1. The lowest BCUT2D eigenvalue weighted by Crippen LogP contribution is -2.55. The maximum atomic E-state index is 13.9. The fourth-order valence-corrected chi connectivity index (χ4v) is 4.71. The van der Waals surface area contributed by atoms with Crippen molar-refractivity contribution in [2.75, 3.05) is 39.3 Å². The molecule has 2 saturated heterocycles. The van der Waals surface area contributed by atoms with Crippen LogP contribution >= 0.6 is 0 Å². The minimum atomic E-state index is -4.18. The van der Waals surface area contributed by atoms with Gasteiger partial charge in [0.1, 0.15) is 16.5 Å². The second kappa shape index (κ2) is 7.49. The van der Waals surface area contributed by atoms with Crippen molar-refractivity contribution < 1.29 is 26.8 Å². The molecular weight excluding hydrogens is 382 g/mol. The lowest BCUT2D eigenvalue weighted by Gasteiger charge is -2.37. The Hall–Kier alpha value is -2.11. The molecule has 3 amide bonds. The summed E-state index contributed by atoms with van der Waals surface area (Å²) < 4.78 is 53.5. The summed E-state index contributed by atoms with van der Waals surface area (Å²) in [6.07, 6.45) is 0. The van der Waals surface area contributed by atoms with Crippen molar-refractivity contribution >= 4 is 22.0 Å². The normalized spacial score (nSPS) is 20.6. The lowest BCUT2D eigenvalue weighted by atomic mass is 10.2. The Labute approximate surface area is 155 Å². The van der Waals surface area contributed by atoms with Gasteiger partial charge in [-0.2, -0.15) is 4.31 Å². The maximum absolute atomic E-state index is 13.9. The van der Waals surface area contributed by atoms with E-state index in [1.54, 1.807) is 11.8 Å². The largest absolute Gasteiger partial charge is 0.336 e. The van der Waals surface area contributed by atoms with Gasteiger partial charge >= 0.3 is 6.03 Å². The molecule has 148 valence electrons. The summed E-state index contributed by atoms with van der Waals surface area (Å²) in [4.78, 5) is 26.3. The van der Waals surface area contributed by atoms with Gasteiger partial charge in [0.15, 0.2) is 0 Å². The first-order valence-electron chi connectivity index (χ1n) is 8.50. The predicted molar refractivity (Wildman–Crippen MR) is 91.3 cm³/mol. The van der Waals surface area contributed by atoms with Crippen LogP contribution in [-0.2, 0) is 14.8 Å².